The van der Waals surface area contributed by atoms with Gasteiger partial charge in [-0.1, -0.05) is 0 Å². The zero-order chi connectivity index (χ0) is 61.9. The van der Waals surface area contributed by atoms with Gasteiger partial charge in [-0.3, -0.25) is 9.59 Å². The van der Waals surface area contributed by atoms with E-state index >= 15 is 19.2 Å². The third-order valence-electron chi connectivity index (χ3n) is 15.6. The van der Waals surface area contributed by atoms with Crippen molar-refractivity contribution in [2.24, 2.45) is 5.92 Å². The number of carbonyl (C=O) groups excluding carboxylic acids is 6. The van der Waals surface area contributed by atoms with E-state index in [1.807, 2.05) is 0 Å². The van der Waals surface area contributed by atoms with Crippen molar-refractivity contribution in [1.29, 1.82) is 0 Å². The number of hydrogen-bond donors (Lipinski definition) is 18. The van der Waals surface area contributed by atoms with Crippen molar-refractivity contribution in [3.63, 3.8) is 0 Å². The molecule has 0 aromatic heterocycles. The molecule has 0 radical (unpaired) electrons. The van der Waals surface area contributed by atoms with Gasteiger partial charge in [-0.05, 0) is 42.5 Å². The molecule has 5 heterocycles. The highest BCUT2D eigenvalue weighted by atomic mass is 16.6. The van der Waals surface area contributed by atoms with Gasteiger partial charge in [0.1, 0.15) is 29.8 Å². The van der Waals surface area contributed by atoms with Crippen LogP contribution < -0.4 is 9.47 Å². The predicted molar refractivity (Wildman–Crippen MR) is 269 cm³/mol. The van der Waals surface area contributed by atoms with Gasteiger partial charge in [-0.15, -0.1) is 0 Å². The molecule has 31 nitrogen and oxygen atoms in total. The van der Waals surface area contributed by atoms with E-state index in [9.17, 15) is 102 Å². The molecule has 444 valence electrons. The van der Waals surface area contributed by atoms with Crippen molar-refractivity contribution < 1.29 is 154 Å². The summed E-state index contributed by atoms with van der Waals surface area (Å²) >= 11 is 0. The molecule has 31 heteroatoms. The third kappa shape index (κ3) is 7.56. The molecule has 6 aliphatic rings. The standard InChI is InChI=1S/C55H38O31/c56-17-9-26-31(45-13(17)5-25(64)44(82-45)11-1-18(57)35(65)19(58)2-11)33-47-48(85-53(78)16-8-24(63)39(69)42(72)30(16)32-34(54(79)84-47)55(33,86-26)49(74)43(32)73)46-27(81-50(75)12-3-20(59)36(66)21(60)4-12)10-80-51(76)14-6-22(61)37(67)40(70)28(14)29-15(52(77)83-46)7-23(62)38(68)41(29)71/h1-4,6-9,25,27,33-34,44,46-48,56-73H,5,10H2/t25-,27-,33-,34-,44+,46?,47-,48-,55-/m0/s1. The van der Waals surface area contributed by atoms with E-state index in [-0.39, 0.29) is 11.1 Å². The van der Waals surface area contributed by atoms with Gasteiger partial charge in [0.25, 0.3) is 0 Å². The van der Waals surface area contributed by atoms with Crippen molar-refractivity contribution in [2.75, 3.05) is 6.61 Å². The van der Waals surface area contributed by atoms with Gasteiger partial charge in [-0.25, -0.2) is 19.2 Å². The Morgan fingerprint density at radius 2 is 1.00 bits per heavy atom. The maximum atomic E-state index is 15.5. The van der Waals surface area contributed by atoms with Crippen molar-refractivity contribution in [3.8, 4) is 115 Å². The van der Waals surface area contributed by atoms with Crippen molar-refractivity contribution in [1.82, 2.24) is 0 Å². The first kappa shape index (κ1) is 54.8. The number of Topliss-reactive ketones (excluding diaryl/α,β-unsaturated/α-hetero) is 1. The van der Waals surface area contributed by atoms with E-state index in [4.69, 9.17) is 33.2 Å². The first-order chi connectivity index (χ1) is 40.6. The summed E-state index contributed by atoms with van der Waals surface area (Å²) in [5.41, 5.74) is -13.4. The van der Waals surface area contributed by atoms with E-state index in [2.05, 4.69) is 0 Å². The van der Waals surface area contributed by atoms with Crippen LogP contribution in [0.2, 0.25) is 0 Å². The van der Waals surface area contributed by atoms with Crippen molar-refractivity contribution >= 4 is 41.2 Å². The molecule has 9 atom stereocenters. The molecule has 12 rings (SSSR count). The lowest BCUT2D eigenvalue weighted by atomic mass is 9.66. The van der Waals surface area contributed by atoms with Crippen LogP contribution in [0.5, 0.6) is 103 Å². The number of cyclic esters (lactones) is 3. The minimum Gasteiger partial charge on any atom is -0.507 e. The molecule has 86 heavy (non-hydrogen) atoms. The number of phenols is 16. The Morgan fingerprint density at radius 3 is 1.56 bits per heavy atom. The first-order valence-corrected chi connectivity index (χ1v) is 24.8. The molecule has 1 spiro atoms. The van der Waals surface area contributed by atoms with Crippen LogP contribution in [0.4, 0.5) is 0 Å². The molecule has 0 saturated carbocycles. The summed E-state index contributed by atoms with van der Waals surface area (Å²) in [4.78, 5) is 90.2. The fourth-order valence-electron chi connectivity index (χ4n) is 11.8. The molecule has 18 N–H and O–H groups in total. The van der Waals surface area contributed by atoms with Crippen LogP contribution in [-0.2, 0) is 39.7 Å². The topological polar surface area (TPSA) is 531 Å². The Kier molecular flexibility index (Phi) is 11.9. The average Bonchev–Trinajstić information content (AvgIpc) is 1.50. The van der Waals surface area contributed by atoms with Crippen LogP contribution >= 0.6 is 0 Å². The molecule has 1 unspecified atom stereocenters. The van der Waals surface area contributed by atoms with Gasteiger partial charge in [0.05, 0.1) is 34.3 Å². The Bertz CT molecular complexity index is 4130. The molecular weight excluding hydrogens is 1160 g/mol. The number of aliphatic hydroxyl groups is 2. The number of ether oxygens (including phenoxy) is 7. The minimum atomic E-state index is -3.13. The van der Waals surface area contributed by atoms with E-state index < -0.39 is 262 Å². The second-order valence-electron chi connectivity index (χ2n) is 20.3. The lowest BCUT2D eigenvalue weighted by molar-refractivity contribution is -0.200. The normalized spacial score (nSPS) is 24.4. The molecule has 0 amide bonds. The summed E-state index contributed by atoms with van der Waals surface area (Å²) in [6.45, 7) is -1.59. The Labute approximate surface area is 474 Å². The second kappa shape index (κ2) is 18.6. The number of esters is 5. The van der Waals surface area contributed by atoms with Gasteiger partial charge in [-0.2, -0.15) is 0 Å². The van der Waals surface area contributed by atoms with Crippen LogP contribution in [0.25, 0.3) is 16.7 Å². The molecule has 6 aromatic carbocycles. The number of fused-ring (bicyclic) bond motifs is 8. The summed E-state index contributed by atoms with van der Waals surface area (Å²) in [7, 11) is 0. The fraction of sp³-hybridized carbons (Fsp3) is 0.200. The molecule has 1 fully saturated rings. The smallest absolute Gasteiger partial charge is 0.339 e. The maximum Gasteiger partial charge on any atom is 0.339 e. The molecule has 6 aromatic rings. The van der Waals surface area contributed by atoms with Crippen molar-refractivity contribution in [3.05, 3.63) is 98.8 Å². The van der Waals surface area contributed by atoms with Gasteiger partial charge in [0.15, 0.2) is 105 Å². The van der Waals surface area contributed by atoms with Gasteiger partial charge < -0.3 is 125 Å². The average molecular weight is 1190 g/mol. The minimum absolute atomic E-state index is 0.286. The summed E-state index contributed by atoms with van der Waals surface area (Å²) in [5.74, 6) is -38.7. The van der Waals surface area contributed by atoms with E-state index in [0.717, 1.165) is 18.2 Å². The highest BCUT2D eigenvalue weighted by molar-refractivity contribution is 6.21. The summed E-state index contributed by atoms with van der Waals surface area (Å²) in [6, 6.07) is 4.62. The number of carbonyl (C=O) groups is 6. The Balaban J connectivity index is 1.15. The Morgan fingerprint density at radius 1 is 0.512 bits per heavy atom. The highest BCUT2D eigenvalue weighted by Crippen LogP contribution is 2.67. The Hall–Kier alpha value is -11.8. The predicted octanol–water partition coefficient (Wildman–Crippen LogP) is 2.15. The zero-order valence-corrected chi connectivity index (χ0v) is 42.5. The highest BCUT2D eigenvalue weighted by Gasteiger charge is 2.76. The van der Waals surface area contributed by atoms with E-state index in [0.29, 0.717) is 30.3 Å². The lowest BCUT2D eigenvalue weighted by Crippen LogP contribution is -2.65. The van der Waals surface area contributed by atoms with Crippen LogP contribution in [0, 0.1) is 5.92 Å². The number of rotatable bonds is 4. The maximum absolute atomic E-state index is 15.5. The van der Waals surface area contributed by atoms with Gasteiger partial charge in [0, 0.05) is 51.4 Å². The number of hydrogen-bond acceptors (Lipinski definition) is 31. The third-order valence-corrected chi connectivity index (χ3v) is 15.6. The first-order valence-electron chi connectivity index (χ1n) is 24.8. The number of ketones is 1. The van der Waals surface area contributed by atoms with Gasteiger partial charge >= 0.3 is 29.8 Å². The lowest BCUT2D eigenvalue weighted by Gasteiger charge is -2.47. The summed E-state index contributed by atoms with van der Waals surface area (Å²) < 4.78 is 42.3. The molecular formula is C55H38O31. The SMILES string of the molecule is O=C(O[C@H]1COC(=O)c2cc(O)c(O)c(O)c2-c2c(cc(O)c(O)c2O)C(=O)OC1[C@@H]1OC(=O)c2cc(O)c(O)c(O)c2C2=C(O)C(=O)[C@]34Oc5cc(O)c6c(c5[C@H]3[C@@H]1OC(=O)[C@H]24)O[C@H](c1cc(O)c(O)c(O)c1)[C@@H](O)C6)c1cc(O)c(O)c(O)c1. The zero-order valence-electron chi connectivity index (χ0n) is 42.5. The second-order valence-corrected chi connectivity index (χ2v) is 20.3. The van der Waals surface area contributed by atoms with Crippen LogP contribution in [0.15, 0.2) is 54.3 Å². The number of phenolic OH excluding ortho intramolecular Hbond substituents is 16. The molecule has 4 bridgehead atoms. The van der Waals surface area contributed by atoms with Crippen molar-refractivity contribution in [2.45, 2.75) is 54.6 Å². The monoisotopic (exact) mass is 1190 g/mol. The van der Waals surface area contributed by atoms with E-state index in [1.54, 1.807) is 0 Å². The molecule has 1 saturated heterocycles. The van der Waals surface area contributed by atoms with Crippen LogP contribution in [0.3, 0.4) is 0 Å². The van der Waals surface area contributed by atoms with E-state index in [1.165, 1.54) is 0 Å². The fourth-order valence-corrected chi connectivity index (χ4v) is 11.8. The summed E-state index contributed by atoms with van der Waals surface area (Å²) in [5, 5.41) is 197. The van der Waals surface area contributed by atoms with Crippen LogP contribution in [-0.4, -0.2) is 170 Å². The number of benzene rings is 6. The van der Waals surface area contributed by atoms with Gasteiger partial charge in [0.2, 0.25) is 28.6 Å². The largest absolute Gasteiger partial charge is 0.507 e. The molecule has 5 aliphatic heterocycles. The summed E-state index contributed by atoms with van der Waals surface area (Å²) in [6.07, 6.45) is -15.4. The van der Waals surface area contributed by atoms with Crippen LogP contribution in [0.1, 0.15) is 75.7 Å². The molecule has 1 aliphatic carbocycles. The quantitative estimate of drug-likeness (QED) is 0.0683. The number of aliphatic hydroxyl groups excluding tert-OH is 2. The number of aromatic hydroxyl groups is 16.